The SMILES string of the molecule is Cc1ccc(-n2nc(C(=O)N3CCCC(N)C3)cc2-c2ccc(C#N)cc2)cc1. The number of likely N-dealkylation sites (tertiary alicyclic amines) is 1. The van der Waals surface area contributed by atoms with E-state index < -0.39 is 0 Å². The Balaban J connectivity index is 1.76. The van der Waals surface area contributed by atoms with Crippen molar-refractivity contribution in [3.8, 4) is 23.0 Å². The van der Waals surface area contributed by atoms with Gasteiger partial charge in [-0.2, -0.15) is 10.4 Å². The number of amides is 1. The molecule has 6 heteroatoms. The summed E-state index contributed by atoms with van der Waals surface area (Å²) in [6.45, 7) is 3.29. The Labute approximate surface area is 170 Å². The molecule has 2 aromatic carbocycles. The number of benzene rings is 2. The molecule has 1 amide bonds. The number of nitrogens with zero attached hydrogens (tertiary/aromatic N) is 4. The summed E-state index contributed by atoms with van der Waals surface area (Å²) in [5, 5.41) is 13.7. The molecule has 0 aliphatic carbocycles. The van der Waals surface area contributed by atoms with Crippen LogP contribution in [0.2, 0.25) is 0 Å². The number of piperidine rings is 1. The van der Waals surface area contributed by atoms with Gasteiger partial charge in [-0.1, -0.05) is 29.8 Å². The molecule has 1 atom stereocenters. The highest BCUT2D eigenvalue weighted by atomic mass is 16.2. The van der Waals surface area contributed by atoms with Gasteiger partial charge in [-0.05, 0) is 50.1 Å². The predicted molar refractivity (Wildman–Crippen MR) is 112 cm³/mol. The molecular formula is C23H23N5O. The minimum absolute atomic E-state index is 0.0184. The summed E-state index contributed by atoms with van der Waals surface area (Å²) in [6, 6.07) is 19.3. The van der Waals surface area contributed by atoms with Crippen LogP contribution in [-0.2, 0) is 0 Å². The number of aryl methyl sites for hydroxylation is 1. The third-order valence-corrected chi connectivity index (χ3v) is 5.26. The van der Waals surface area contributed by atoms with Gasteiger partial charge in [0.05, 0.1) is 23.0 Å². The Bertz CT molecular complexity index is 1060. The summed E-state index contributed by atoms with van der Waals surface area (Å²) in [5.41, 5.74) is 10.8. The van der Waals surface area contributed by atoms with Gasteiger partial charge in [-0.15, -0.1) is 0 Å². The van der Waals surface area contributed by atoms with Crippen LogP contribution >= 0.6 is 0 Å². The maximum atomic E-state index is 13.1. The van der Waals surface area contributed by atoms with Gasteiger partial charge < -0.3 is 10.6 Å². The van der Waals surface area contributed by atoms with Crippen LogP contribution in [0.1, 0.15) is 34.5 Å². The van der Waals surface area contributed by atoms with Crippen molar-refractivity contribution in [2.45, 2.75) is 25.8 Å². The third kappa shape index (κ3) is 3.91. The molecule has 6 nitrogen and oxygen atoms in total. The van der Waals surface area contributed by atoms with Crippen LogP contribution in [-0.4, -0.2) is 39.7 Å². The fourth-order valence-corrected chi connectivity index (χ4v) is 3.65. The van der Waals surface area contributed by atoms with Gasteiger partial charge in [0, 0.05) is 24.7 Å². The second kappa shape index (κ2) is 7.90. The van der Waals surface area contributed by atoms with Gasteiger partial charge >= 0.3 is 0 Å². The van der Waals surface area contributed by atoms with Crippen LogP contribution in [0.4, 0.5) is 0 Å². The monoisotopic (exact) mass is 385 g/mol. The Morgan fingerprint density at radius 3 is 2.55 bits per heavy atom. The smallest absolute Gasteiger partial charge is 0.274 e. The van der Waals surface area contributed by atoms with E-state index in [-0.39, 0.29) is 11.9 Å². The fourth-order valence-electron chi connectivity index (χ4n) is 3.65. The largest absolute Gasteiger partial charge is 0.336 e. The first-order valence-corrected chi connectivity index (χ1v) is 9.77. The van der Waals surface area contributed by atoms with E-state index in [1.165, 1.54) is 0 Å². The highest BCUT2D eigenvalue weighted by Crippen LogP contribution is 2.26. The van der Waals surface area contributed by atoms with Crippen LogP contribution in [0.25, 0.3) is 16.9 Å². The van der Waals surface area contributed by atoms with Crippen LogP contribution in [0.5, 0.6) is 0 Å². The zero-order valence-corrected chi connectivity index (χ0v) is 16.4. The summed E-state index contributed by atoms with van der Waals surface area (Å²) in [6.07, 6.45) is 1.85. The van der Waals surface area contributed by atoms with Crippen LogP contribution in [0.3, 0.4) is 0 Å². The quantitative estimate of drug-likeness (QED) is 0.749. The lowest BCUT2D eigenvalue weighted by atomic mass is 10.1. The minimum atomic E-state index is -0.0964. The van der Waals surface area contributed by atoms with Gasteiger partial charge in [-0.3, -0.25) is 4.79 Å². The molecule has 29 heavy (non-hydrogen) atoms. The number of nitriles is 1. The number of rotatable bonds is 3. The van der Waals surface area contributed by atoms with Crippen molar-refractivity contribution in [1.82, 2.24) is 14.7 Å². The van der Waals surface area contributed by atoms with Crippen molar-refractivity contribution < 1.29 is 4.79 Å². The summed E-state index contributed by atoms with van der Waals surface area (Å²) < 4.78 is 1.79. The highest BCUT2D eigenvalue weighted by molar-refractivity contribution is 5.93. The maximum absolute atomic E-state index is 13.1. The molecule has 146 valence electrons. The van der Waals surface area contributed by atoms with E-state index in [1.54, 1.807) is 21.7 Å². The first kappa shape index (κ1) is 18.9. The molecule has 3 aromatic rings. The standard InChI is InChI=1S/C23H23N5O/c1-16-4-10-20(11-5-16)28-22(18-8-6-17(14-24)7-9-18)13-21(26-28)23(29)27-12-2-3-19(25)15-27/h4-11,13,19H,2-3,12,15,25H2,1H3. The van der Waals surface area contributed by atoms with Crippen molar-refractivity contribution in [1.29, 1.82) is 5.26 Å². The number of carbonyl (C=O) groups is 1. The van der Waals surface area contributed by atoms with Gasteiger partial charge in [-0.25, -0.2) is 4.68 Å². The van der Waals surface area contributed by atoms with Crippen molar-refractivity contribution in [2.75, 3.05) is 13.1 Å². The number of hydrogen-bond acceptors (Lipinski definition) is 4. The van der Waals surface area contributed by atoms with E-state index >= 15 is 0 Å². The number of aromatic nitrogens is 2. The average Bonchev–Trinajstić information content (AvgIpc) is 3.19. The molecule has 0 saturated carbocycles. The lowest BCUT2D eigenvalue weighted by Crippen LogP contribution is -2.45. The zero-order chi connectivity index (χ0) is 20.4. The molecule has 1 aromatic heterocycles. The van der Waals surface area contributed by atoms with Crippen molar-refractivity contribution in [3.63, 3.8) is 0 Å². The van der Waals surface area contributed by atoms with Gasteiger partial charge in [0.1, 0.15) is 0 Å². The normalized spacial score (nSPS) is 16.4. The molecular weight excluding hydrogens is 362 g/mol. The van der Waals surface area contributed by atoms with Gasteiger partial charge in [0.15, 0.2) is 5.69 Å². The van der Waals surface area contributed by atoms with E-state index in [1.807, 2.05) is 49.4 Å². The number of nitrogens with two attached hydrogens (primary N) is 1. The van der Waals surface area contributed by atoms with E-state index in [0.29, 0.717) is 24.3 Å². The van der Waals surface area contributed by atoms with E-state index in [0.717, 1.165) is 35.3 Å². The molecule has 1 saturated heterocycles. The topological polar surface area (TPSA) is 87.9 Å². The zero-order valence-electron chi connectivity index (χ0n) is 16.4. The third-order valence-electron chi connectivity index (χ3n) is 5.26. The first-order chi connectivity index (χ1) is 14.0. The Morgan fingerprint density at radius 2 is 1.90 bits per heavy atom. The summed E-state index contributed by atoms with van der Waals surface area (Å²) in [7, 11) is 0. The Morgan fingerprint density at radius 1 is 1.17 bits per heavy atom. The summed E-state index contributed by atoms with van der Waals surface area (Å²) in [5.74, 6) is -0.0964. The molecule has 4 rings (SSSR count). The molecule has 0 bridgehead atoms. The summed E-state index contributed by atoms with van der Waals surface area (Å²) in [4.78, 5) is 14.9. The van der Waals surface area contributed by atoms with Crippen LogP contribution in [0, 0.1) is 18.3 Å². The average molecular weight is 385 g/mol. The van der Waals surface area contributed by atoms with E-state index in [9.17, 15) is 4.79 Å². The van der Waals surface area contributed by atoms with Gasteiger partial charge in [0.2, 0.25) is 0 Å². The maximum Gasteiger partial charge on any atom is 0.274 e. The van der Waals surface area contributed by atoms with Crippen molar-refractivity contribution in [2.24, 2.45) is 5.73 Å². The van der Waals surface area contributed by atoms with Crippen LogP contribution < -0.4 is 5.73 Å². The van der Waals surface area contributed by atoms with E-state index in [4.69, 9.17) is 11.0 Å². The molecule has 1 fully saturated rings. The predicted octanol–water partition coefficient (Wildman–Crippen LogP) is 3.28. The molecule has 0 radical (unpaired) electrons. The second-order valence-electron chi connectivity index (χ2n) is 7.50. The molecule has 2 heterocycles. The molecule has 2 N–H and O–H groups in total. The molecule has 0 spiro atoms. The van der Waals surface area contributed by atoms with E-state index in [2.05, 4.69) is 11.2 Å². The molecule has 1 aliphatic rings. The second-order valence-corrected chi connectivity index (χ2v) is 7.50. The Hall–Kier alpha value is -3.43. The number of hydrogen-bond donors (Lipinski definition) is 1. The van der Waals surface area contributed by atoms with Crippen molar-refractivity contribution >= 4 is 5.91 Å². The first-order valence-electron chi connectivity index (χ1n) is 9.77. The molecule has 1 unspecified atom stereocenters. The molecule has 1 aliphatic heterocycles. The van der Waals surface area contributed by atoms with Crippen LogP contribution in [0.15, 0.2) is 54.6 Å². The highest BCUT2D eigenvalue weighted by Gasteiger charge is 2.25. The number of carbonyl (C=O) groups excluding carboxylic acids is 1. The van der Waals surface area contributed by atoms with Gasteiger partial charge in [0.25, 0.3) is 5.91 Å². The lowest BCUT2D eigenvalue weighted by molar-refractivity contribution is 0.0702. The minimum Gasteiger partial charge on any atom is -0.336 e. The summed E-state index contributed by atoms with van der Waals surface area (Å²) >= 11 is 0. The Kier molecular flexibility index (Phi) is 5.15. The fraction of sp³-hybridized carbons (Fsp3) is 0.261. The lowest BCUT2D eigenvalue weighted by Gasteiger charge is -2.30. The van der Waals surface area contributed by atoms with Crippen molar-refractivity contribution in [3.05, 3.63) is 71.4 Å².